The van der Waals surface area contributed by atoms with E-state index in [1.54, 1.807) is 10.9 Å². The van der Waals surface area contributed by atoms with Crippen molar-refractivity contribution < 1.29 is 4.79 Å². The SMILES string of the molecule is Cc1nc(C)n(C2CN(C(=O)c3cnn(-c4ccc(Cl)cc4)c3C)C2)n1. The molecule has 1 aliphatic heterocycles. The van der Waals surface area contributed by atoms with Crippen molar-refractivity contribution in [2.24, 2.45) is 0 Å². The summed E-state index contributed by atoms with van der Waals surface area (Å²) >= 11 is 5.94. The first-order valence-electron chi connectivity index (χ1n) is 8.43. The highest BCUT2D eigenvalue weighted by atomic mass is 35.5. The number of aryl methyl sites for hydroxylation is 2. The van der Waals surface area contributed by atoms with E-state index in [1.165, 1.54) is 0 Å². The topological polar surface area (TPSA) is 68.8 Å². The lowest BCUT2D eigenvalue weighted by atomic mass is 10.1. The maximum absolute atomic E-state index is 12.8. The van der Waals surface area contributed by atoms with Crippen molar-refractivity contribution in [3.8, 4) is 5.69 Å². The largest absolute Gasteiger partial charge is 0.334 e. The van der Waals surface area contributed by atoms with Crippen LogP contribution < -0.4 is 0 Å². The molecule has 1 aliphatic rings. The zero-order valence-electron chi connectivity index (χ0n) is 14.8. The fourth-order valence-corrected chi connectivity index (χ4v) is 3.42. The minimum atomic E-state index is -0.00606. The zero-order chi connectivity index (χ0) is 18.4. The molecule has 1 saturated heterocycles. The van der Waals surface area contributed by atoms with Gasteiger partial charge < -0.3 is 4.90 Å². The molecule has 1 aromatic carbocycles. The van der Waals surface area contributed by atoms with E-state index in [0.29, 0.717) is 23.7 Å². The van der Waals surface area contributed by atoms with Crippen LogP contribution in [0.3, 0.4) is 0 Å². The molecule has 0 bridgehead atoms. The van der Waals surface area contributed by atoms with E-state index in [2.05, 4.69) is 15.2 Å². The molecular weight excluding hydrogens is 352 g/mol. The van der Waals surface area contributed by atoms with Crippen molar-refractivity contribution >= 4 is 17.5 Å². The molecule has 0 unspecified atom stereocenters. The van der Waals surface area contributed by atoms with E-state index < -0.39 is 0 Å². The van der Waals surface area contributed by atoms with Gasteiger partial charge in [0, 0.05) is 18.1 Å². The number of hydrogen-bond acceptors (Lipinski definition) is 4. The molecule has 0 N–H and O–H groups in total. The van der Waals surface area contributed by atoms with Crippen LogP contribution >= 0.6 is 11.6 Å². The van der Waals surface area contributed by atoms with Gasteiger partial charge in [0.1, 0.15) is 11.6 Å². The number of hydrogen-bond donors (Lipinski definition) is 0. The molecule has 26 heavy (non-hydrogen) atoms. The first-order chi connectivity index (χ1) is 12.4. The molecule has 0 atom stereocenters. The van der Waals surface area contributed by atoms with Crippen LogP contribution in [-0.4, -0.2) is 48.4 Å². The van der Waals surface area contributed by atoms with Crippen molar-refractivity contribution in [3.63, 3.8) is 0 Å². The van der Waals surface area contributed by atoms with Gasteiger partial charge in [-0.3, -0.25) is 4.79 Å². The minimum Gasteiger partial charge on any atom is -0.334 e. The van der Waals surface area contributed by atoms with E-state index in [0.717, 1.165) is 23.0 Å². The van der Waals surface area contributed by atoms with Crippen LogP contribution in [0.1, 0.15) is 33.7 Å². The molecule has 0 spiro atoms. The quantitative estimate of drug-likeness (QED) is 0.710. The van der Waals surface area contributed by atoms with Crippen molar-refractivity contribution in [1.29, 1.82) is 0 Å². The summed E-state index contributed by atoms with van der Waals surface area (Å²) in [4.78, 5) is 19.0. The number of benzene rings is 1. The molecule has 0 saturated carbocycles. The summed E-state index contributed by atoms with van der Waals surface area (Å²) in [5.41, 5.74) is 2.31. The molecule has 7 nitrogen and oxygen atoms in total. The van der Waals surface area contributed by atoms with Gasteiger partial charge in [-0.1, -0.05) is 11.6 Å². The highest BCUT2D eigenvalue weighted by Crippen LogP contribution is 2.25. The molecule has 1 fully saturated rings. The van der Waals surface area contributed by atoms with Gasteiger partial charge in [-0.25, -0.2) is 14.3 Å². The molecule has 0 radical (unpaired) electrons. The number of carbonyl (C=O) groups is 1. The Balaban J connectivity index is 1.50. The Labute approximate surface area is 156 Å². The molecule has 8 heteroatoms. The number of carbonyl (C=O) groups excluding carboxylic acids is 1. The number of nitrogens with zero attached hydrogens (tertiary/aromatic N) is 6. The average Bonchev–Trinajstić information content (AvgIpc) is 3.09. The molecule has 2 aromatic heterocycles. The summed E-state index contributed by atoms with van der Waals surface area (Å²) in [6.07, 6.45) is 1.63. The molecular formula is C18H19ClN6O. The standard InChI is InChI=1S/C18H19ClN6O/c1-11-17(8-20-24(11)15-6-4-14(19)5-7-15)18(26)23-9-16(10-23)25-13(3)21-12(2)22-25/h4-8,16H,9-10H2,1-3H3. The molecule has 134 valence electrons. The Kier molecular flexibility index (Phi) is 4.03. The van der Waals surface area contributed by atoms with Crippen LogP contribution in [-0.2, 0) is 0 Å². The first kappa shape index (κ1) is 16.8. The van der Waals surface area contributed by atoms with E-state index in [-0.39, 0.29) is 11.9 Å². The van der Waals surface area contributed by atoms with E-state index in [9.17, 15) is 4.79 Å². The summed E-state index contributed by atoms with van der Waals surface area (Å²) in [6.45, 7) is 6.98. The van der Waals surface area contributed by atoms with Crippen LogP contribution in [0.4, 0.5) is 0 Å². The Morgan fingerprint density at radius 1 is 1.15 bits per heavy atom. The second-order valence-corrected chi connectivity index (χ2v) is 6.98. The van der Waals surface area contributed by atoms with Gasteiger partial charge in [-0.05, 0) is 45.0 Å². The second-order valence-electron chi connectivity index (χ2n) is 6.55. The van der Waals surface area contributed by atoms with Gasteiger partial charge in [0.25, 0.3) is 5.91 Å². The smallest absolute Gasteiger partial charge is 0.257 e. The van der Waals surface area contributed by atoms with Crippen LogP contribution in [0.15, 0.2) is 30.5 Å². The Morgan fingerprint density at radius 3 is 2.46 bits per heavy atom. The molecule has 3 aromatic rings. The summed E-state index contributed by atoms with van der Waals surface area (Å²) in [5, 5.41) is 9.44. The predicted molar refractivity (Wildman–Crippen MR) is 97.7 cm³/mol. The van der Waals surface area contributed by atoms with Crippen molar-refractivity contribution in [2.75, 3.05) is 13.1 Å². The molecule has 3 heterocycles. The van der Waals surface area contributed by atoms with Gasteiger partial charge in [-0.15, -0.1) is 0 Å². The third kappa shape index (κ3) is 2.78. The Morgan fingerprint density at radius 2 is 1.85 bits per heavy atom. The lowest BCUT2D eigenvalue weighted by Crippen LogP contribution is -2.51. The van der Waals surface area contributed by atoms with Crippen LogP contribution in [0.2, 0.25) is 5.02 Å². The van der Waals surface area contributed by atoms with Crippen LogP contribution in [0, 0.1) is 20.8 Å². The lowest BCUT2D eigenvalue weighted by Gasteiger charge is -2.39. The monoisotopic (exact) mass is 370 g/mol. The molecule has 0 aliphatic carbocycles. The zero-order valence-corrected chi connectivity index (χ0v) is 15.6. The number of halogens is 1. The second kappa shape index (κ2) is 6.25. The average molecular weight is 371 g/mol. The van der Waals surface area contributed by atoms with E-state index in [1.807, 2.05) is 54.6 Å². The number of amides is 1. The van der Waals surface area contributed by atoms with Gasteiger partial charge in [0.2, 0.25) is 0 Å². The van der Waals surface area contributed by atoms with Crippen molar-refractivity contribution in [1.82, 2.24) is 29.4 Å². The predicted octanol–water partition coefficient (Wildman–Crippen LogP) is 2.74. The van der Waals surface area contributed by atoms with Gasteiger partial charge in [0.05, 0.1) is 29.2 Å². The number of aromatic nitrogens is 5. The third-order valence-corrected chi connectivity index (χ3v) is 4.97. The van der Waals surface area contributed by atoms with Crippen LogP contribution in [0.5, 0.6) is 0 Å². The fourth-order valence-electron chi connectivity index (χ4n) is 3.29. The lowest BCUT2D eigenvalue weighted by molar-refractivity contribution is 0.0496. The molecule has 4 rings (SSSR count). The van der Waals surface area contributed by atoms with E-state index >= 15 is 0 Å². The highest BCUT2D eigenvalue weighted by Gasteiger charge is 2.35. The van der Waals surface area contributed by atoms with Gasteiger partial charge in [-0.2, -0.15) is 10.2 Å². The van der Waals surface area contributed by atoms with Crippen molar-refractivity contribution in [3.05, 3.63) is 58.4 Å². The third-order valence-electron chi connectivity index (χ3n) is 4.71. The maximum atomic E-state index is 12.8. The summed E-state index contributed by atoms with van der Waals surface area (Å²) in [5.74, 6) is 1.63. The summed E-state index contributed by atoms with van der Waals surface area (Å²) in [6, 6.07) is 7.56. The van der Waals surface area contributed by atoms with Gasteiger partial charge in [0.15, 0.2) is 0 Å². The Bertz CT molecular complexity index is 968. The number of rotatable bonds is 3. The molecule has 1 amide bonds. The maximum Gasteiger partial charge on any atom is 0.257 e. The summed E-state index contributed by atoms with van der Waals surface area (Å²) < 4.78 is 3.66. The normalized spacial score (nSPS) is 14.5. The Hall–Kier alpha value is -2.67. The van der Waals surface area contributed by atoms with Crippen molar-refractivity contribution in [2.45, 2.75) is 26.8 Å². The first-order valence-corrected chi connectivity index (χ1v) is 8.81. The fraction of sp³-hybridized carbons (Fsp3) is 0.333. The minimum absolute atomic E-state index is 0.00606. The van der Waals surface area contributed by atoms with Gasteiger partial charge >= 0.3 is 0 Å². The summed E-state index contributed by atoms with van der Waals surface area (Å²) in [7, 11) is 0. The van der Waals surface area contributed by atoms with E-state index in [4.69, 9.17) is 11.6 Å². The highest BCUT2D eigenvalue weighted by molar-refractivity contribution is 6.30. The van der Waals surface area contributed by atoms with Crippen LogP contribution in [0.25, 0.3) is 5.69 Å². The number of likely N-dealkylation sites (tertiary alicyclic amines) is 1.